The van der Waals surface area contributed by atoms with Crippen LogP contribution in [0.1, 0.15) is 54.3 Å². The number of rotatable bonds is 7. The van der Waals surface area contributed by atoms with Crippen molar-refractivity contribution in [1.82, 2.24) is 9.97 Å². The molecule has 2 aromatic heterocycles. The van der Waals surface area contributed by atoms with E-state index in [0.717, 1.165) is 11.3 Å². The average molecular weight is 514 g/mol. The first kappa shape index (κ1) is 24.6. The number of ether oxygens (including phenoxy) is 2. The van der Waals surface area contributed by atoms with Gasteiger partial charge in [0.05, 0.1) is 45.9 Å². The molecule has 0 fully saturated rings. The standard InChI is InChI=1S/C24H23N3O6S2/c1-10-21(12(3)28)35-24(26-10)27-18(15-8-7-14(32-5)9-16(15)33-6)17(20(30)23(27)31)19(29)22-11(2)25-13(4)34-22/h7-9,18,30H,1-6H3. The molecule has 182 valence electrons. The zero-order valence-corrected chi connectivity index (χ0v) is 21.6. The minimum Gasteiger partial charge on any atom is -0.503 e. The number of carbonyl (C=O) groups excluding carboxylic acids is 3. The second-order valence-corrected chi connectivity index (χ2v) is 10.1. The maximum atomic E-state index is 13.7. The molecule has 1 aliphatic heterocycles. The first-order valence-electron chi connectivity index (χ1n) is 10.5. The van der Waals surface area contributed by atoms with Gasteiger partial charge in [-0.25, -0.2) is 9.97 Å². The maximum Gasteiger partial charge on any atom is 0.296 e. The van der Waals surface area contributed by atoms with Crippen molar-refractivity contribution in [2.75, 3.05) is 19.1 Å². The first-order chi connectivity index (χ1) is 16.6. The first-order valence-corrected chi connectivity index (χ1v) is 12.2. The topological polar surface area (TPSA) is 119 Å². The summed E-state index contributed by atoms with van der Waals surface area (Å²) in [5.74, 6) is -1.31. The highest BCUT2D eigenvalue weighted by Crippen LogP contribution is 2.47. The van der Waals surface area contributed by atoms with Crippen molar-refractivity contribution in [3.63, 3.8) is 0 Å². The van der Waals surface area contributed by atoms with Crippen LogP contribution in [0.5, 0.6) is 11.5 Å². The van der Waals surface area contributed by atoms with Crippen LogP contribution in [0, 0.1) is 20.8 Å². The summed E-state index contributed by atoms with van der Waals surface area (Å²) < 4.78 is 10.9. The molecule has 0 radical (unpaired) electrons. The van der Waals surface area contributed by atoms with E-state index < -0.39 is 23.5 Å². The van der Waals surface area contributed by atoms with E-state index in [1.165, 1.54) is 37.4 Å². The van der Waals surface area contributed by atoms with Gasteiger partial charge in [0.25, 0.3) is 5.91 Å². The molecule has 1 unspecified atom stereocenters. The molecule has 0 aliphatic carbocycles. The van der Waals surface area contributed by atoms with Crippen LogP contribution in [0.2, 0.25) is 0 Å². The Hall–Kier alpha value is -3.57. The average Bonchev–Trinajstić information content (AvgIpc) is 3.45. The van der Waals surface area contributed by atoms with Gasteiger partial charge in [-0.2, -0.15) is 0 Å². The van der Waals surface area contributed by atoms with Crippen molar-refractivity contribution < 1.29 is 29.0 Å². The minimum atomic E-state index is -1.05. The number of thiazole rings is 2. The van der Waals surface area contributed by atoms with E-state index in [2.05, 4.69) is 9.97 Å². The Bertz CT molecular complexity index is 1400. The lowest BCUT2D eigenvalue weighted by atomic mass is 9.94. The fourth-order valence-electron chi connectivity index (χ4n) is 4.05. The van der Waals surface area contributed by atoms with E-state index in [4.69, 9.17) is 9.47 Å². The number of nitrogens with zero attached hydrogens (tertiary/aromatic N) is 3. The zero-order valence-electron chi connectivity index (χ0n) is 20.0. The largest absolute Gasteiger partial charge is 0.503 e. The van der Waals surface area contributed by atoms with Crippen LogP contribution in [0.3, 0.4) is 0 Å². The Morgan fingerprint density at radius 3 is 2.26 bits per heavy atom. The van der Waals surface area contributed by atoms with Gasteiger partial charge in [0.1, 0.15) is 17.5 Å². The molecular formula is C24H23N3O6S2. The maximum absolute atomic E-state index is 13.7. The molecule has 3 aromatic rings. The lowest BCUT2D eigenvalue weighted by Crippen LogP contribution is -2.31. The highest BCUT2D eigenvalue weighted by atomic mass is 32.1. The number of hydrogen-bond acceptors (Lipinski definition) is 10. The number of aryl methyl sites for hydroxylation is 3. The van der Waals surface area contributed by atoms with Crippen molar-refractivity contribution in [2.24, 2.45) is 0 Å². The predicted octanol–water partition coefficient (Wildman–Crippen LogP) is 4.53. The molecule has 4 rings (SSSR count). The molecule has 0 saturated carbocycles. The van der Waals surface area contributed by atoms with E-state index in [0.29, 0.717) is 43.2 Å². The summed E-state index contributed by atoms with van der Waals surface area (Å²) in [6.45, 7) is 6.57. The van der Waals surface area contributed by atoms with Gasteiger partial charge in [0.15, 0.2) is 16.7 Å². The number of amides is 1. The van der Waals surface area contributed by atoms with Crippen molar-refractivity contribution in [2.45, 2.75) is 33.7 Å². The van der Waals surface area contributed by atoms with Gasteiger partial charge in [-0.15, -0.1) is 11.3 Å². The van der Waals surface area contributed by atoms with E-state index in [-0.39, 0.29) is 16.5 Å². The number of carbonyl (C=O) groups is 3. The third kappa shape index (κ3) is 4.10. The van der Waals surface area contributed by atoms with Crippen LogP contribution in [0.4, 0.5) is 5.13 Å². The highest BCUT2D eigenvalue weighted by Gasteiger charge is 2.47. The van der Waals surface area contributed by atoms with E-state index in [1.54, 1.807) is 39.0 Å². The number of aromatic nitrogens is 2. The molecule has 0 spiro atoms. The van der Waals surface area contributed by atoms with E-state index in [9.17, 15) is 19.5 Å². The number of benzene rings is 1. The van der Waals surface area contributed by atoms with Crippen LogP contribution in [0.25, 0.3) is 0 Å². The summed E-state index contributed by atoms with van der Waals surface area (Å²) in [7, 11) is 2.97. The van der Waals surface area contributed by atoms with Gasteiger partial charge in [0, 0.05) is 18.6 Å². The number of Topliss-reactive ketones (excluding diaryl/α,β-unsaturated/α-hetero) is 2. The Morgan fingerprint density at radius 1 is 1.03 bits per heavy atom. The van der Waals surface area contributed by atoms with Crippen molar-refractivity contribution >= 4 is 45.3 Å². The second kappa shape index (κ2) is 9.23. The monoisotopic (exact) mass is 513 g/mol. The van der Waals surface area contributed by atoms with Crippen LogP contribution in [0.15, 0.2) is 29.5 Å². The summed E-state index contributed by atoms with van der Waals surface area (Å²) in [4.78, 5) is 49.9. The second-order valence-electron chi connectivity index (χ2n) is 7.89. The van der Waals surface area contributed by atoms with Crippen LogP contribution in [-0.2, 0) is 4.79 Å². The van der Waals surface area contributed by atoms with Gasteiger partial charge in [-0.1, -0.05) is 11.3 Å². The number of methoxy groups -OCH3 is 2. The quantitative estimate of drug-likeness (QED) is 0.458. The molecule has 0 bridgehead atoms. The third-order valence-corrected chi connectivity index (χ3v) is 7.94. The van der Waals surface area contributed by atoms with Crippen molar-refractivity contribution in [3.05, 3.63) is 61.2 Å². The zero-order chi connectivity index (χ0) is 25.6. The van der Waals surface area contributed by atoms with Gasteiger partial charge < -0.3 is 14.6 Å². The van der Waals surface area contributed by atoms with Crippen LogP contribution >= 0.6 is 22.7 Å². The summed E-state index contributed by atoms with van der Waals surface area (Å²) in [5, 5.41) is 11.9. The van der Waals surface area contributed by atoms with Gasteiger partial charge in [-0.05, 0) is 32.9 Å². The molecule has 9 nitrogen and oxygen atoms in total. The Kier molecular flexibility index (Phi) is 6.48. The van der Waals surface area contributed by atoms with Crippen LogP contribution < -0.4 is 14.4 Å². The van der Waals surface area contributed by atoms with Gasteiger partial charge >= 0.3 is 0 Å². The van der Waals surface area contributed by atoms with Crippen LogP contribution in [-0.4, -0.2) is 46.8 Å². The third-order valence-electron chi connectivity index (χ3n) is 5.61. The number of aliphatic hydroxyl groups excluding tert-OH is 1. The Morgan fingerprint density at radius 2 is 1.71 bits per heavy atom. The lowest BCUT2D eigenvalue weighted by Gasteiger charge is -2.26. The van der Waals surface area contributed by atoms with Crippen molar-refractivity contribution in [1.29, 1.82) is 0 Å². The number of hydrogen-bond donors (Lipinski definition) is 1. The van der Waals surface area contributed by atoms with E-state index in [1.807, 2.05) is 0 Å². The fraction of sp³-hybridized carbons (Fsp3) is 0.292. The fourth-order valence-corrected chi connectivity index (χ4v) is 5.91. The predicted molar refractivity (Wildman–Crippen MR) is 132 cm³/mol. The van der Waals surface area contributed by atoms with E-state index >= 15 is 0 Å². The van der Waals surface area contributed by atoms with Gasteiger partial charge in [-0.3, -0.25) is 19.3 Å². The molecule has 1 atom stereocenters. The smallest absolute Gasteiger partial charge is 0.296 e. The molecule has 3 heterocycles. The summed E-state index contributed by atoms with van der Waals surface area (Å²) in [6.07, 6.45) is 0. The van der Waals surface area contributed by atoms with Crippen molar-refractivity contribution in [3.8, 4) is 11.5 Å². The normalized spacial score (nSPS) is 15.7. The molecule has 11 heteroatoms. The summed E-state index contributed by atoms with van der Waals surface area (Å²) in [6, 6.07) is 3.92. The summed E-state index contributed by atoms with van der Waals surface area (Å²) >= 11 is 2.22. The minimum absolute atomic E-state index is 0.109. The number of anilines is 1. The molecule has 1 aliphatic rings. The molecular weight excluding hydrogens is 490 g/mol. The molecule has 1 aromatic carbocycles. The number of aliphatic hydroxyl groups is 1. The van der Waals surface area contributed by atoms with Gasteiger partial charge in [0.2, 0.25) is 5.78 Å². The Labute approximate surface area is 209 Å². The summed E-state index contributed by atoms with van der Waals surface area (Å²) in [5.41, 5.74) is 1.31. The molecule has 1 amide bonds. The molecule has 1 N–H and O–H groups in total. The number of ketones is 2. The Balaban J connectivity index is 1.96. The molecule has 0 saturated heterocycles. The lowest BCUT2D eigenvalue weighted by molar-refractivity contribution is -0.117. The SMILES string of the molecule is COc1ccc(C2C(C(=O)c3sc(C)nc3C)=C(O)C(=O)N2c2nc(C)c(C(C)=O)s2)c(OC)c1. The molecule has 35 heavy (non-hydrogen) atoms. The highest BCUT2D eigenvalue weighted by molar-refractivity contribution is 7.18.